The SMILES string of the molecule is Fc1c(F)c(C2C=CC(N(c3ccccc3)c3ccccc3)=CC2)c(F)c(F)c1-c1ccc(N(c2ccccc2)c2ccccc2)cc1. The summed E-state index contributed by atoms with van der Waals surface area (Å²) >= 11 is 0. The third-order valence-electron chi connectivity index (χ3n) is 8.48. The van der Waals surface area contributed by atoms with E-state index >= 15 is 17.6 Å². The largest absolute Gasteiger partial charge is 0.311 e. The molecule has 0 aromatic heterocycles. The normalized spacial score (nSPS) is 14.0. The van der Waals surface area contributed by atoms with E-state index in [2.05, 4.69) is 0 Å². The van der Waals surface area contributed by atoms with Gasteiger partial charge in [0.2, 0.25) is 0 Å². The lowest BCUT2D eigenvalue weighted by molar-refractivity contribution is 0.437. The van der Waals surface area contributed by atoms with Crippen LogP contribution in [0.4, 0.5) is 46.0 Å². The summed E-state index contributed by atoms with van der Waals surface area (Å²) in [6.45, 7) is 0. The van der Waals surface area contributed by atoms with Crippen molar-refractivity contribution in [3.05, 3.63) is 198 Å². The minimum absolute atomic E-state index is 0.0295. The molecule has 1 aliphatic carbocycles. The van der Waals surface area contributed by atoms with Crippen molar-refractivity contribution in [2.24, 2.45) is 0 Å². The summed E-state index contributed by atoms with van der Waals surface area (Å²) < 4.78 is 63.0. The Morgan fingerprint density at radius 1 is 0.438 bits per heavy atom. The second-order valence-corrected chi connectivity index (χ2v) is 11.4. The molecule has 0 saturated carbocycles. The van der Waals surface area contributed by atoms with Crippen LogP contribution < -0.4 is 9.80 Å². The molecule has 0 fully saturated rings. The van der Waals surface area contributed by atoms with Gasteiger partial charge in [-0.15, -0.1) is 0 Å². The molecule has 0 heterocycles. The van der Waals surface area contributed by atoms with Gasteiger partial charge in [0.05, 0.1) is 5.56 Å². The van der Waals surface area contributed by atoms with E-state index < -0.39 is 40.3 Å². The number of nitrogens with zero attached hydrogens (tertiary/aromatic N) is 2. The molecule has 48 heavy (non-hydrogen) atoms. The Labute approximate surface area is 277 Å². The average Bonchev–Trinajstić information content (AvgIpc) is 3.14. The molecule has 6 aromatic carbocycles. The van der Waals surface area contributed by atoms with Gasteiger partial charge in [0.25, 0.3) is 0 Å². The van der Waals surface area contributed by atoms with Crippen molar-refractivity contribution in [2.45, 2.75) is 12.3 Å². The Balaban J connectivity index is 1.19. The van der Waals surface area contributed by atoms with E-state index in [0.717, 1.165) is 28.4 Å². The molecule has 0 spiro atoms. The van der Waals surface area contributed by atoms with Crippen LogP contribution in [-0.4, -0.2) is 0 Å². The summed E-state index contributed by atoms with van der Waals surface area (Å²) in [7, 11) is 0. The molecule has 0 N–H and O–H groups in total. The molecular weight excluding hydrogens is 608 g/mol. The van der Waals surface area contributed by atoms with E-state index in [0.29, 0.717) is 5.69 Å². The van der Waals surface area contributed by atoms with Crippen molar-refractivity contribution in [2.75, 3.05) is 9.80 Å². The van der Waals surface area contributed by atoms with Crippen LogP contribution >= 0.6 is 0 Å². The van der Waals surface area contributed by atoms with Gasteiger partial charge in [-0.3, -0.25) is 0 Å². The van der Waals surface area contributed by atoms with Gasteiger partial charge >= 0.3 is 0 Å². The van der Waals surface area contributed by atoms with Crippen LogP contribution in [-0.2, 0) is 0 Å². The Morgan fingerprint density at radius 2 is 0.833 bits per heavy atom. The van der Waals surface area contributed by atoms with Crippen molar-refractivity contribution in [1.82, 2.24) is 0 Å². The van der Waals surface area contributed by atoms with Crippen LogP contribution in [0.25, 0.3) is 11.1 Å². The second kappa shape index (κ2) is 13.5. The van der Waals surface area contributed by atoms with Crippen molar-refractivity contribution in [1.29, 1.82) is 0 Å². The van der Waals surface area contributed by atoms with Gasteiger partial charge in [-0.1, -0.05) is 97.1 Å². The lowest BCUT2D eigenvalue weighted by Crippen LogP contribution is -2.18. The Kier molecular flexibility index (Phi) is 8.63. The van der Waals surface area contributed by atoms with E-state index in [4.69, 9.17) is 0 Å². The lowest BCUT2D eigenvalue weighted by atomic mass is 9.88. The Bertz CT molecular complexity index is 1970. The van der Waals surface area contributed by atoms with Gasteiger partial charge < -0.3 is 9.80 Å². The number of allylic oxidation sites excluding steroid dienone is 3. The smallest absolute Gasteiger partial charge is 0.170 e. The van der Waals surface area contributed by atoms with Crippen LogP contribution in [0.1, 0.15) is 17.9 Å². The van der Waals surface area contributed by atoms with E-state index in [1.54, 1.807) is 24.3 Å². The standard InChI is InChI=1S/C42H30F4N2/c43-39-37(29-21-25-35(26-22-29)47(31-13-5-1-6-14-31)32-15-7-2-8-16-32)40(44)42(46)38(41(39)45)30-23-27-36(28-24-30)48(33-17-9-3-10-18-33)34-19-11-4-12-20-34/h1-23,25-28,30H,24H2. The highest BCUT2D eigenvalue weighted by Gasteiger charge is 2.31. The fourth-order valence-corrected chi connectivity index (χ4v) is 6.20. The zero-order valence-electron chi connectivity index (χ0n) is 25.8. The summed E-state index contributed by atoms with van der Waals surface area (Å²) in [5, 5.41) is 0. The minimum Gasteiger partial charge on any atom is -0.311 e. The molecule has 0 bridgehead atoms. The molecule has 0 radical (unpaired) electrons. The quantitative estimate of drug-likeness (QED) is 0.121. The zero-order valence-corrected chi connectivity index (χ0v) is 25.8. The van der Waals surface area contributed by atoms with Gasteiger partial charge in [-0.25, -0.2) is 17.6 Å². The molecule has 0 amide bonds. The number of benzene rings is 6. The Hall–Kier alpha value is -5.88. The van der Waals surface area contributed by atoms with Crippen molar-refractivity contribution in [3.63, 3.8) is 0 Å². The summed E-state index contributed by atoms with van der Waals surface area (Å²) in [4.78, 5) is 4.00. The molecule has 1 atom stereocenters. The fraction of sp³-hybridized carbons (Fsp3) is 0.0476. The predicted molar refractivity (Wildman–Crippen MR) is 186 cm³/mol. The fourth-order valence-electron chi connectivity index (χ4n) is 6.20. The zero-order chi connectivity index (χ0) is 33.0. The maximum absolute atomic E-state index is 15.8. The second-order valence-electron chi connectivity index (χ2n) is 11.4. The lowest BCUT2D eigenvalue weighted by Gasteiger charge is -2.29. The van der Waals surface area contributed by atoms with E-state index in [-0.39, 0.29) is 12.0 Å². The first-order valence-corrected chi connectivity index (χ1v) is 15.7. The van der Waals surface area contributed by atoms with E-state index in [1.807, 2.05) is 137 Å². The number of hydrogen-bond donors (Lipinski definition) is 0. The highest BCUT2D eigenvalue weighted by Crippen LogP contribution is 2.41. The summed E-state index contributed by atoms with van der Waals surface area (Å²) in [5.74, 6) is -6.51. The van der Waals surface area contributed by atoms with E-state index in [1.165, 1.54) is 12.1 Å². The molecule has 1 aliphatic rings. The first kappa shape index (κ1) is 30.8. The Morgan fingerprint density at radius 3 is 1.23 bits per heavy atom. The number of halogens is 4. The highest BCUT2D eigenvalue weighted by molar-refractivity contribution is 5.78. The van der Waals surface area contributed by atoms with Gasteiger partial charge in [-0.05, 0) is 78.7 Å². The maximum atomic E-state index is 15.8. The van der Waals surface area contributed by atoms with Crippen molar-refractivity contribution >= 4 is 28.4 Å². The summed E-state index contributed by atoms with van der Waals surface area (Å²) in [6, 6.07) is 45.0. The number of hydrogen-bond acceptors (Lipinski definition) is 2. The molecular formula is C42H30F4N2. The topological polar surface area (TPSA) is 6.48 Å². The number of anilines is 5. The van der Waals surface area contributed by atoms with Crippen LogP contribution in [0.5, 0.6) is 0 Å². The monoisotopic (exact) mass is 638 g/mol. The van der Waals surface area contributed by atoms with Gasteiger partial charge in [0.1, 0.15) is 0 Å². The van der Waals surface area contributed by atoms with Crippen molar-refractivity contribution < 1.29 is 17.6 Å². The summed E-state index contributed by atoms with van der Waals surface area (Å²) in [5.41, 5.74) is 3.72. The molecule has 7 rings (SSSR count). The van der Waals surface area contributed by atoms with Gasteiger partial charge in [-0.2, -0.15) is 0 Å². The van der Waals surface area contributed by atoms with Gasteiger partial charge in [0.15, 0.2) is 23.3 Å². The predicted octanol–water partition coefficient (Wildman–Crippen LogP) is 12.1. The first-order valence-electron chi connectivity index (χ1n) is 15.7. The molecule has 0 saturated heterocycles. The van der Waals surface area contributed by atoms with Crippen LogP contribution in [0, 0.1) is 23.3 Å². The third kappa shape index (κ3) is 5.89. The van der Waals surface area contributed by atoms with Crippen LogP contribution in [0.15, 0.2) is 170 Å². The molecule has 0 aliphatic heterocycles. The summed E-state index contributed by atoms with van der Waals surface area (Å²) in [6.07, 6.45) is 5.32. The maximum Gasteiger partial charge on any atom is 0.170 e. The third-order valence-corrected chi connectivity index (χ3v) is 8.48. The average molecular weight is 639 g/mol. The van der Waals surface area contributed by atoms with Crippen LogP contribution in [0.2, 0.25) is 0 Å². The molecule has 6 heteroatoms. The minimum atomic E-state index is -1.42. The molecule has 1 unspecified atom stereocenters. The molecule has 2 nitrogen and oxygen atoms in total. The number of rotatable bonds is 8. The first-order chi connectivity index (χ1) is 23.5. The highest BCUT2D eigenvalue weighted by atomic mass is 19.2. The van der Waals surface area contributed by atoms with Crippen LogP contribution in [0.3, 0.4) is 0 Å². The van der Waals surface area contributed by atoms with Gasteiger partial charge in [0, 0.05) is 45.6 Å². The molecule has 236 valence electrons. The van der Waals surface area contributed by atoms with Crippen molar-refractivity contribution in [3.8, 4) is 11.1 Å². The number of para-hydroxylation sites is 4. The molecule has 6 aromatic rings. The van der Waals surface area contributed by atoms with E-state index in [9.17, 15) is 0 Å².